The number of hydrogen-bond acceptors (Lipinski definition) is 5. The Morgan fingerprint density at radius 1 is 1.48 bits per heavy atom. The van der Waals surface area contributed by atoms with Crippen molar-refractivity contribution in [1.82, 2.24) is 10.3 Å². The number of ether oxygens (including phenoxy) is 1. The lowest BCUT2D eigenvalue weighted by Crippen LogP contribution is -2.50. The number of pyridine rings is 1. The third kappa shape index (κ3) is 3.54. The second-order valence-corrected chi connectivity index (χ2v) is 6.28. The molecule has 0 radical (unpaired) electrons. The molecule has 0 spiro atoms. The summed E-state index contributed by atoms with van der Waals surface area (Å²) in [5.74, 6) is 1.01. The Hall–Kier alpha value is -1.17. The molecule has 3 rings (SSSR count). The molecular weight excluding hydrogens is 266 g/mol. The number of aliphatic hydroxyl groups is 1. The van der Waals surface area contributed by atoms with E-state index < -0.39 is 0 Å². The Morgan fingerprint density at radius 3 is 2.95 bits per heavy atom. The van der Waals surface area contributed by atoms with Gasteiger partial charge >= 0.3 is 0 Å². The summed E-state index contributed by atoms with van der Waals surface area (Å²) in [6.45, 7) is 6.54. The monoisotopic (exact) mass is 291 g/mol. The van der Waals surface area contributed by atoms with E-state index in [0.29, 0.717) is 13.2 Å². The van der Waals surface area contributed by atoms with Crippen LogP contribution in [0, 0.1) is 6.92 Å². The van der Waals surface area contributed by atoms with E-state index in [1.165, 1.54) is 24.0 Å². The van der Waals surface area contributed by atoms with Crippen molar-refractivity contribution in [2.75, 3.05) is 24.7 Å². The summed E-state index contributed by atoms with van der Waals surface area (Å²) in [7, 11) is 0. The van der Waals surface area contributed by atoms with Crippen LogP contribution >= 0.6 is 0 Å². The molecule has 0 aromatic carbocycles. The number of rotatable bonds is 5. The number of nitrogens with one attached hydrogen (secondary N) is 1. The fraction of sp³-hybridized carbons (Fsp3) is 0.688. The molecule has 21 heavy (non-hydrogen) atoms. The van der Waals surface area contributed by atoms with E-state index in [1.807, 2.05) is 6.20 Å². The fourth-order valence-corrected chi connectivity index (χ4v) is 2.80. The van der Waals surface area contributed by atoms with Crippen LogP contribution in [-0.4, -0.2) is 48.0 Å². The molecule has 2 unspecified atom stereocenters. The van der Waals surface area contributed by atoms with Crippen LogP contribution in [0.5, 0.6) is 0 Å². The van der Waals surface area contributed by atoms with Crippen LogP contribution in [0.3, 0.4) is 0 Å². The van der Waals surface area contributed by atoms with E-state index in [1.54, 1.807) is 0 Å². The lowest BCUT2D eigenvalue weighted by atomic mass is 10.1. The molecule has 1 aliphatic heterocycles. The smallest absolute Gasteiger partial charge is 0.131 e. The Labute approximate surface area is 126 Å². The van der Waals surface area contributed by atoms with E-state index in [9.17, 15) is 5.11 Å². The molecule has 0 amide bonds. The quantitative estimate of drug-likeness (QED) is 0.854. The van der Waals surface area contributed by atoms with Gasteiger partial charge in [-0.1, -0.05) is 0 Å². The lowest BCUT2D eigenvalue weighted by molar-refractivity contribution is -0.0106. The Bertz CT molecular complexity index is 490. The topological polar surface area (TPSA) is 57.6 Å². The highest BCUT2D eigenvalue weighted by atomic mass is 16.5. The van der Waals surface area contributed by atoms with Crippen LogP contribution in [0.2, 0.25) is 0 Å². The fourth-order valence-electron chi connectivity index (χ4n) is 2.80. The highest BCUT2D eigenvalue weighted by Gasteiger charge is 2.27. The molecule has 1 saturated heterocycles. The van der Waals surface area contributed by atoms with Gasteiger partial charge in [-0.2, -0.15) is 0 Å². The van der Waals surface area contributed by atoms with Gasteiger partial charge in [0.2, 0.25) is 0 Å². The molecule has 1 aliphatic carbocycles. The van der Waals surface area contributed by atoms with Gasteiger partial charge in [-0.25, -0.2) is 4.98 Å². The zero-order valence-corrected chi connectivity index (χ0v) is 12.9. The molecule has 116 valence electrons. The first-order chi connectivity index (χ1) is 10.2. The van der Waals surface area contributed by atoms with Crippen molar-refractivity contribution in [3.8, 4) is 0 Å². The maximum absolute atomic E-state index is 9.30. The molecule has 2 atom stereocenters. The summed E-state index contributed by atoms with van der Waals surface area (Å²) in [5.41, 5.74) is 2.43. The summed E-state index contributed by atoms with van der Waals surface area (Å²) >= 11 is 0. The van der Waals surface area contributed by atoms with Crippen LogP contribution < -0.4 is 10.2 Å². The van der Waals surface area contributed by atoms with Gasteiger partial charge in [-0.15, -0.1) is 0 Å². The third-order valence-electron chi connectivity index (χ3n) is 4.26. The highest BCUT2D eigenvalue weighted by Crippen LogP contribution is 2.24. The maximum Gasteiger partial charge on any atom is 0.131 e. The number of anilines is 1. The van der Waals surface area contributed by atoms with Crippen LogP contribution in [0.15, 0.2) is 12.3 Å². The van der Waals surface area contributed by atoms with E-state index in [-0.39, 0.29) is 18.8 Å². The van der Waals surface area contributed by atoms with Gasteiger partial charge in [0.05, 0.1) is 25.4 Å². The minimum absolute atomic E-state index is 0.0612. The molecule has 2 aliphatic rings. The summed E-state index contributed by atoms with van der Waals surface area (Å²) in [5, 5.41) is 12.8. The summed E-state index contributed by atoms with van der Waals surface area (Å²) in [4.78, 5) is 6.92. The lowest BCUT2D eigenvalue weighted by Gasteiger charge is -2.39. The van der Waals surface area contributed by atoms with Crippen molar-refractivity contribution in [1.29, 1.82) is 0 Å². The van der Waals surface area contributed by atoms with E-state index in [4.69, 9.17) is 4.74 Å². The Kier molecular flexibility index (Phi) is 4.42. The van der Waals surface area contributed by atoms with Gasteiger partial charge in [0, 0.05) is 25.3 Å². The number of morpholine rings is 1. The molecule has 1 aromatic heterocycles. The van der Waals surface area contributed by atoms with Crippen molar-refractivity contribution in [3.63, 3.8) is 0 Å². The highest BCUT2D eigenvalue weighted by molar-refractivity contribution is 5.48. The standard InChI is InChI=1S/C16H25N3O2/c1-11-5-13(6-17-14-3-4-14)7-18-16(11)19-8-15(9-20)21-10-12(19)2/h5,7,12,14-15,17,20H,3-4,6,8-10H2,1-2H3. The van der Waals surface area contributed by atoms with Crippen LogP contribution in [0.1, 0.15) is 30.9 Å². The summed E-state index contributed by atoms with van der Waals surface area (Å²) in [6, 6.07) is 3.22. The largest absolute Gasteiger partial charge is 0.394 e. The predicted molar refractivity (Wildman–Crippen MR) is 82.5 cm³/mol. The molecular formula is C16H25N3O2. The SMILES string of the molecule is Cc1cc(CNC2CC2)cnc1N1CC(CO)OCC1C. The Balaban J connectivity index is 1.71. The number of aliphatic hydroxyl groups excluding tert-OH is 1. The molecule has 0 bridgehead atoms. The first-order valence-electron chi connectivity index (χ1n) is 7.85. The van der Waals surface area contributed by atoms with Gasteiger partial charge in [0.15, 0.2) is 0 Å². The van der Waals surface area contributed by atoms with Crippen LogP contribution in [0.4, 0.5) is 5.82 Å². The van der Waals surface area contributed by atoms with Gasteiger partial charge in [0.25, 0.3) is 0 Å². The second-order valence-electron chi connectivity index (χ2n) is 6.28. The average Bonchev–Trinajstić information content (AvgIpc) is 3.30. The zero-order valence-electron chi connectivity index (χ0n) is 12.9. The van der Waals surface area contributed by atoms with E-state index >= 15 is 0 Å². The van der Waals surface area contributed by atoms with Crippen molar-refractivity contribution in [3.05, 3.63) is 23.4 Å². The minimum Gasteiger partial charge on any atom is -0.394 e. The van der Waals surface area contributed by atoms with Crippen LogP contribution in [0.25, 0.3) is 0 Å². The molecule has 2 fully saturated rings. The molecule has 1 saturated carbocycles. The van der Waals surface area contributed by atoms with Gasteiger partial charge in [-0.05, 0) is 43.9 Å². The third-order valence-corrected chi connectivity index (χ3v) is 4.26. The minimum atomic E-state index is -0.112. The van der Waals surface area contributed by atoms with Gasteiger partial charge in [-0.3, -0.25) is 0 Å². The van der Waals surface area contributed by atoms with Gasteiger partial charge in [0.1, 0.15) is 5.82 Å². The number of aromatic nitrogens is 1. The maximum atomic E-state index is 9.30. The molecule has 2 heterocycles. The van der Waals surface area contributed by atoms with Crippen molar-refractivity contribution in [2.45, 2.75) is 51.4 Å². The molecule has 1 aromatic rings. The van der Waals surface area contributed by atoms with E-state index in [2.05, 4.69) is 35.1 Å². The summed E-state index contributed by atoms with van der Waals surface area (Å²) in [6.07, 6.45) is 4.46. The molecule has 5 nitrogen and oxygen atoms in total. The number of hydrogen-bond donors (Lipinski definition) is 2. The molecule has 2 N–H and O–H groups in total. The zero-order chi connectivity index (χ0) is 14.8. The van der Waals surface area contributed by atoms with Crippen molar-refractivity contribution >= 4 is 5.82 Å². The average molecular weight is 291 g/mol. The van der Waals surface area contributed by atoms with Crippen molar-refractivity contribution in [2.24, 2.45) is 0 Å². The molecule has 5 heteroatoms. The number of aryl methyl sites for hydroxylation is 1. The van der Waals surface area contributed by atoms with Crippen LogP contribution in [-0.2, 0) is 11.3 Å². The normalized spacial score (nSPS) is 26.1. The Morgan fingerprint density at radius 2 is 2.29 bits per heavy atom. The van der Waals surface area contributed by atoms with Crippen molar-refractivity contribution < 1.29 is 9.84 Å². The van der Waals surface area contributed by atoms with Gasteiger partial charge < -0.3 is 20.1 Å². The first kappa shape index (κ1) is 14.8. The second kappa shape index (κ2) is 6.30. The summed E-state index contributed by atoms with van der Waals surface area (Å²) < 4.78 is 5.60. The first-order valence-corrected chi connectivity index (χ1v) is 7.85. The van der Waals surface area contributed by atoms with E-state index in [0.717, 1.165) is 18.4 Å². The number of nitrogens with zero attached hydrogens (tertiary/aromatic N) is 2. The predicted octanol–water partition coefficient (Wildman–Crippen LogP) is 1.23.